The van der Waals surface area contributed by atoms with Crippen molar-refractivity contribution in [1.29, 1.82) is 0 Å². The summed E-state index contributed by atoms with van der Waals surface area (Å²) in [5.41, 5.74) is 0.481. The van der Waals surface area contributed by atoms with Crippen LogP contribution >= 0.6 is 11.6 Å². The molecule has 1 aromatic rings. The van der Waals surface area contributed by atoms with Crippen LogP contribution in [0.3, 0.4) is 0 Å². The summed E-state index contributed by atoms with van der Waals surface area (Å²) in [6, 6.07) is 7.45. The second-order valence-corrected chi connectivity index (χ2v) is 5.40. The van der Waals surface area contributed by atoms with Crippen LogP contribution in [0.4, 0.5) is 0 Å². The average molecular weight is 239 g/mol. The van der Waals surface area contributed by atoms with E-state index in [1.54, 1.807) is 0 Å². The Morgan fingerprint density at radius 2 is 1.81 bits per heavy atom. The van der Waals surface area contributed by atoms with Crippen LogP contribution in [-0.4, -0.2) is 13.1 Å². The summed E-state index contributed by atoms with van der Waals surface area (Å²) in [5, 5.41) is 0.683. The van der Waals surface area contributed by atoms with E-state index in [1.165, 1.54) is 7.11 Å². The average Bonchev–Trinajstić information content (AvgIpc) is 2.83. The lowest BCUT2D eigenvalue weighted by molar-refractivity contribution is -0.144. The molecule has 1 unspecified atom stereocenters. The van der Waals surface area contributed by atoms with Gasteiger partial charge in [0.1, 0.15) is 0 Å². The van der Waals surface area contributed by atoms with E-state index in [0.29, 0.717) is 5.02 Å². The van der Waals surface area contributed by atoms with Gasteiger partial charge in [0, 0.05) is 5.02 Å². The zero-order valence-electron chi connectivity index (χ0n) is 9.71. The van der Waals surface area contributed by atoms with Crippen LogP contribution in [0, 0.1) is 5.41 Å². The van der Waals surface area contributed by atoms with E-state index in [0.717, 1.165) is 12.0 Å². The van der Waals surface area contributed by atoms with Crippen LogP contribution in [0.5, 0.6) is 0 Å². The molecule has 0 amide bonds. The van der Waals surface area contributed by atoms with Gasteiger partial charge in [0.25, 0.3) is 0 Å². The Labute approximate surface area is 101 Å². The molecule has 1 atom stereocenters. The fraction of sp³-hybridized carbons (Fsp3) is 0.462. The van der Waals surface area contributed by atoms with Gasteiger partial charge in [0.15, 0.2) is 0 Å². The molecule has 0 spiro atoms. The third kappa shape index (κ3) is 1.44. The fourth-order valence-corrected chi connectivity index (χ4v) is 2.61. The molecule has 0 radical (unpaired) electrons. The Hall–Kier alpha value is -1.02. The van der Waals surface area contributed by atoms with Crippen molar-refractivity contribution in [2.24, 2.45) is 5.41 Å². The number of rotatable bonds is 2. The summed E-state index contributed by atoms with van der Waals surface area (Å²) < 4.78 is 4.93. The third-order valence-corrected chi connectivity index (χ3v) is 3.86. The Balaban J connectivity index is 2.43. The second kappa shape index (κ2) is 3.49. The third-order valence-electron chi connectivity index (χ3n) is 3.61. The van der Waals surface area contributed by atoms with E-state index in [-0.39, 0.29) is 11.4 Å². The zero-order chi connectivity index (χ0) is 12.0. The van der Waals surface area contributed by atoms with Gasteiger partial charge in [-0.3, -0.25) is 4.79 Å². The second-order valence-electron chi connectivity index (χ2n) is 4.96. The van der Waals surface area contributed by atoms with Gasteiger partial charge in [0.05, 0.1) is 12.5 Å². The molecule has 1 saturated carbocycles. The van der Waals surface area contributed by atoms with Gasteiger partial charge in [-0.05, 0) is 29.5 Å². The maximum Gasteiger partial charge on any atom is 0.316 e. The molecule has 1 aliphatic rings. The monoisotopic (exact) mass is 238 g/mol. The molecule has 0 aromatic heterocycles. The van der Waals surface area contributed by atoms with E-state index in [2.05, 4.69) is 13.8 Å². The minimum Gasteiger partial charge on any atom is -0.468 e. The number of carbonyl (C=O) groups is 1. The molecule has 0 aliphatic heterocycles. The first kappa shape index (κ1) is 11.5. The van der Waals surface area contributed by atoms with Crippen LogP contribution in [0.2, 0.25) is 5.02 Å². The van der Waals surface area contributed by atoms with Crippen molar-refractivity contribution in [2.75, 3.05) is 7.11 Å². The highest BCUT2D eigenvalue weighted by Gasteiger charge is 2.68. The predicted octanol–water partition coefficient (Wildman–Crippen LogP) is 3.18. The van der Waals surface area contributed by atoms with Crippen molar-refractivity contribution in [3.05, 3.63) is 34.9 Å². The lowest BCUT2D eigenvalue weighted by atomic mass is 9.88. The largest absolute Gasteiger partial charge is 0.468 e. The van der Waals surface area contributed by atoms with Gasteiger partial charge < -0.3 is 4.74 Å². The van der Waals surface area contributed by atoms with Gasteiger partial charge in [-0.2, -0.15) is 0 Å². The van der Waals surface area contributed by atoms with Gasteiger partial charge in [-0.25, -0.2) is 0 Å². The maximum atomic E-state index is 11.9. The van der Waals surface area contributed by atoms with Crippen LogP contribution in [0.25, 0.3) is 0 Å². The van der Waals surface area contributed by atoms with E-state index < -0.39 is 5.41 Å². The predicted molar refractivity (Wildman–Crippen MR) is 63.5 cm³/mol. The summed E-state index contributed by atoms with van der Waals surface area (Å²) in [7, 11) is 1.44. The Kier molecular flexibility index (Phi) is 2.50. The molecule has 0 saturated heterocycles. The summed E-state index contributed by atoms with van der Waals surface area (Å²) >= 11 is 5.85. The number of ether oxygens (including phenoxy) is 1. The number of benzene rings is 1. The minimum absolute atomic E-state index is 0.0338. The summed E-state index contributed by atoms with van der Waals surface area (Å²) in [6.45, 7) is 4.16. The lowest BCUT2D eigenvalue weighted by Gasteiger charge is -2.18. The summed E-state index contributed by atoms with van der Waals surface area (Å²) in [5.74, 6) is -0.153. The molecule has 16 heavy (non-hydrogen) atoms. The molecule has 86 valence electrons. The Morgan fingerprint density at radius 1 is 1.31 bits per heavy atom. The molecule has 0 N–H and O–H groups in total. The van der Waals surface area contributed by atoms with Crippen LogP contribution in [0.1, 0.15) is 25.8 Å². The van der Waals surface area contributed by atoms with Gasteiger partial charge in [-0.15, -0.1) is 0 Å². The van der Waals surface area contributed by atoms with Crippen LogP contribution in [0.15, 0.2) is 24.3 Å². The zero-order valence-corrected chi connectivity index (χ0v) is 10.5. The molecular formula is C13H15ClO2. The van der Waals surface area contributed by atoms with Crippen molar-refractivity contribution in [3.63, 3.8) is 0 Å². The van der Waals surface area contributed by atoms with Gasteiger partial charge >= 0.3 is 5.97 Å². The van der Waals surface area contributed by atoms with Crippen molar-refractivity contribution in [1.82, 2.24) is 0 Å². The van der Waals surface area contributed by atoms with Gasteiger partial charge in [0.2, 0.25) is 0 Å². The summed E-state index contributed by atoms with van der Waals surface area (Å²) in [6.07, 6.45) is 0.828. The first-order valence-electron chi connectivity index (χ1n) is 5.28. The number of halogens is 1. The first-order valence-corrected chi connectivity index (χ1v) is 5.66. The molecule has 1 aliphatic carbocycles. The highest BCUT2D eigenvalue weighted by Crippen LogP contribution is 2.64. The smallest absolute Gasteiger partial charge is 0.316 e. The molecule has 0 bridgehead atoms. The Morgan fingerprint density at radius 3 is 2.19 bits per heavy atom. The number of carbonyl (C=O) groups excluding carboxylic acids is 1. The topological polar surface area (TPSA) is 26.3 Å². The standard InChI is InChI=1S/C13H15ClO2/c1-12(2)8-13(12,11(15)16-3)9-4-6-10(14)7-5-9/h4-7H,8H2,1-3H3. The first-order chi connectivity index (χ1) is 7.44. The SMILES string of the molecule is COC(=O)C1(c2ccc(Cl)cc2)CC1(C)C. The summed E-state index contributed by atoms with van der Waals surface area (Å²) in [4.78, 5) is 11.9. The van der Waals surface area contributed by atoms with Crippen molar-refractivity contribution in [3.8, 4) is 0 Å². The quantitative estimate of drug-likeness (QED) is 0.740. The fourth-order valence-electron chi connectivity index (χ4n) is 2.49. The number of hydrogen-bond donors (Lipinski definition) is 0. The van der Waals surface area contributed by atoms with E-state index in [1.807, 2.05) is 24.3 Å². The van der Waals surface area contributed by atoms with Gasteiger partial charge in [-0.1, -0.05) is 37.6 Å². The van der Waals surface area contributed by atoms with Crippen molar-refractivity contribution < 1.29 is 9.53 Å². The van der Waals surface area contributed by atoms with E-state index >= 15 is 0 Å². The molecule has 3 heteroatoms. The molecule has 1 fully saturated rings. The maximum absolute atomic E-state index is 11.9. The lowest BCUT2D eigenvalue weighted by Crippen LogP contribution is -2.27. The van der Waals surface area contributed by atoms with E-state index in [4.69, 9.17) is 16.3 Å². The number of esters is 1. The Bertz CT molecular complexity index is 422. The molecule has 2 nitrogen and oxygen atoms in total. The molecule has 0 heterocycles. The molecule has 1 aromatic carbocycles. The number of hydrogen-bond acceptors (Lipinski definition) is 2. The molecular weight excluding hydrogens is 224 g/mol. The van der Waals surface area contributed by atoms with Crippen molar-refractivity contribution >= 4 is 17.6 Å². The highest BCUT2D eigenvalue weighted by molar-refractivity contribution is 6.30. The molecule has 2 rings (SSSR count). The van der Waals surface area contributed by atoms with Crippen LogP contribution in [-0.2, 0) is 14.9 Å². The van der Waals surface area contributed by atoms with E-state index in [9.17, 15) is 4.79 Å². The van der Waals surface area contributed by atoms with Crippen molar-refractivity contribution in [2.45, 2.75) is 25.7 Å². The minimum atomic E-state index is -0.480. The highest BCUT2D eigenvalue weighted by atomic mass is 35.5. The normalized spacial score (nSPS) is 26.2. The number of methoxy groups -OCH3 is 1. The van der Waals surface area contributed by atoms with Crippen LogP contribution < -0.4 is 0 Å².